The zero-order chi connectivity index (χ0) is 12.6. The van der Waals surface area contributed by atoms with Crippen LogP contribution in [-0.4, -0.2) is 12.3 Å². The van der Waals surface area contributed by atoms with Crippen LogP contribution in [0.1, 0.15) is 11.1 Å². The number of halogens is 1. The summed E-state index contributed by atoms with van der Waals surface area (Å²) in [6.45, 7) is 3.89. The van der Waals surface area contributed by atoms with Gasteiger partial charge < -0.3 is 15.0 Å². The van der Waals surface area contributed by atoms with Gasteiger partial charge in [-0.1, -0.05) is 22.8 Å². The van der Waals surface area contributed by atoms with Crippen molar-refractivity contribution in [3.63, 3.8) is 0 Å². The number of nitrogen functional groups attached to an aromatic ring is 1. The summed E-state index contributed by atoms with van der Waals surface area (Å²) in [5, 5.41) is 4.47. The van der Waals surface area contributed by atoms with Gasteiger partial charge in [0.15, 0.2) is 0 Å². The third-order valence-corrected chi connectivity index (χ3v) is 3.06. The van der Waals surface area contributed by atoms with Crippen LogP contribution in [0.25, 0.3) is 11.3 Å². The summed E-state index contributed by atoms with van der Waals surface area (Å²) in [5.41, 5.74) is 8.93. The number of hydrogen-bond donors (Lipinski definition) is 1. The maximum Gasteiger partial charge on any atom is 0.222 e. The fraction of sp³-hybridized carbons (Fsp3) is 0.250. The zero-order valence-corrected chi connectivity index (χ0v) is 10.6. The summed E-state index contributed by atoms with van der Waals surface area (Å²) in [6, 6.07) is 3.63. The maximum absolute atomic E-state index is 6.21. The van der Waals surface area contributed by atoms with Gasteiger partial charge in [0.1, 0.15) is 11.4 Å². The minimum Gasteiger partial charge on any atom is -0.494 e. The molecule has 1 heterocycles. The van der Waals surface area contributed by atoms with Gasteiger partial charge in [0.2, 0.25) is 5.88 Å². The van der Waals surface area contributed by atoms with Crippen LogP contribution in [0.3, 0.4) is 0 Å². The number of rotatable bonds is 2. The van der Waals surface area contributed by atoms with Crippen molar-refractivity contribution in [3.8, 4) is 17.0 Å². The predicted octanol–water partition coefficient (Wildman–Crippen LogP) is 3.20. The second-order valence-electron chi connectivity index (χ2n) is 3.85. The predicted molar refractivity (Wildman–Crippen MR) is 67.4 cm³/mol. The van der Waals surface area contributed by atoms with Crippen molar-refractivity contribution < 1.29 is 9.26 Å². The van der Waals surface area contributed by atoms with Crippen LogP contribution in [0.2, 0.25) is 5.02 Å². The van der Waals surface area contributed by atoms with Gasteiger partial charge in [-0.3, -0.25) is 0 Å². The van der Waals surface area contributed by atoms with Crippen LogP contribution in [-0.2, 0) is 0 Å². The van der Waals surface area contributed by atoms with Crippen molar-refractivity contribution in [2.24, 2.45) is 0 Å². The lowest BCUT2D eigenvalue weighted by atomic mass is 10.0. The molecule has 2 aromatic rings. The quantitative estimate of drug-likeness (QED) is 0.892. The third-order valence-electron chi connectivity index (χ3n) is 2.59. The average molecular weight is 253 g/mol. The Kier molecular flexibility index (Phi) is 2.98. The molecule has 0 aliphatic rings. The lowest BCUT2D eigenvalue weighted by Gasteiger charge is -2.13. The van der Waals surface area contributed by atoms with Gasteiger partial charge in [0.25, 0.3) is 0 Å². The van der Waals surface area contributed by atoms with E-state index in [1.54, 1.807) is 13.2 Å². The summed E-state index contributed by atoms with van der Waals surface area (Å²) in [5.74, 6) is 0.857. The molecule has 0 radical (unpaired) electrons. The van der Waals surface area contributed by atoms with Gasteiger partial charge in [0.05, 0.1) is 17.7 Å². The summed E-state index contributed by atoms with van der Waals surface area (Å²) >= 11 is 6.21. The summed E-state index contributed by atoms with van der Waals surface area (Å²) < 4.78 is 10.2. The highest BCUT2D eigenvalue weighted by Crippen LogP contribution is 2.40. The van der Waals surface area contributed by atoms with Crippen LogP contribution in [0, 0.1) is 13.8 Å². The second-order valence-corrected chi connectivity index (χ2v) is 4.23. The lowest BCUT2D eigenvalue weighted by Crippen LogP contribution is -1.94. The molecule has 0 bridgehead atoms. The Morgan fingerprint density at radius 1 is 1.29 bits per heavy atom. The van der Waals surface area contributed by atoms with E-state index in [4.69, 9.17) is 26.6 Å². The first kappa shape index (κ1) is 11.8. The van der Waals surface area contributed by atoms with Crippen LogP contribution in [0.5, 0.6) is 5.75 Å². The molecule has 0 saturated carbocycles. The summed E-state index contributed by atoms with van der Waals surface area (Å²) in [4.78, 5) is 0. The van der Waals surface area contributed by atoms with Gasteiger partial charge in [-0.05, 0) is 25.0 Å². The van der Waals surface area contributed by atoms with E-state index in [0.29, 0.717) is 16.5 Å². The van der Waals surface area contributed by atoms with Crippen molar-refractivity contribution in [1.29, 1.82) is 0 Å². The molecule has 90 valence electrons. The maximum atomic E-state index is 6.21. The van der Waals surface area contributed by atoms with Crippen molar-refractivity contribution in [3.05, 3.63) is 28.3 Å². The summed E-state index contributed by atoms with van der Waals surface area (Å²) in [6.07, 6.45) is 0. The zero-order valence-electron chi connectivity index (χ0n) is 9.87. The Morgan fingerprint density at radius 3 is 2.53 bits per heavy atom. The molecule has 0 atom stereocenters. The molecule has 1 aromatic carbocycles. The monoisotopic (exact) mass is 252 g/mol. The normalized spacial score (nSPS) is 10.6. The van der Waals surface area contributed by atoms with E-state index in [0.717, 1.165) is 16.7 Å². The molecule has 0 aliphatic heterocycles. The van der Waals surface area contributed by atoms with Crippen molar-refractivity contribution >= 4 is 17.5 Å². The molecule has 0 amide bonds. The molecule has 0 saturated heterocycles. The van der Waals surface area contributed by atoms with E-state index >= 15 is 0 Å². The number of anilines is 1. The molecule has 5 heteroatoms. The van der Waals surface area contributed by atoms with E-state index in [1.807, 2.05) is 19.9 Å². The van der Waals surface area contributed by atoms with Gasteiger partial charge in [-0.2, -0.15) is 0 Å². The van der Waals surface area contributed by atoms with Crippen LogP contribution >= 0.6 is 11.6 Å². The Hall–Kier alpha value is -1.68. The fourth-order valence-electron chi connectivity index (χ4n) is 1.85. The minimum atomic E-state index is 0.262. The Balaban J connectivity index is 2.72. The van der Waals surface area contributed by atoms with Crippen molar-refractivity contribution in [1.82, 2.24) is 5.16 Å². The molecule has 4 nitrogen and oxygen atoms in total. The number of ether oxygens (including phenoxy) is 1. The molecule has 0 unspecified atom stereocenters. The van der Waals surface area contributed by atoms with E-state index in [1.165, 1.54) is 0 Å². The summed E-state index contributed by atoms with van der Waals surface area (Å²) in [7, 11) is 1.58. The number of aryl methyl sites for hydroxylation is 2. The van der Waals surface area contributed by atoms with Crippen molar-refractivity contribution in [2.45, 2.75) is 13.8 Å². The highest BCUT2D eigenvalue weighted by Gasteiger charge is 2.18. The molecule has 1 aromatic heterocycles. The van der Waals surface area contributed by atoms with Crippen molar-refractivity contribution in [2.75, 3.05) is 12.8 Å². The Bertz CT molecular complexity index is 564. The van der Waals surface area contributed by atoms with Crippen LogP contribution in [0.4, 0.5) is 5.88 Å². The molecule has 0 aliphatic carbocycles. The van der Waals surface area contributed by atoms with E-state index < -0.39 is 0 Å². The first-order valence-corrected chi connectivity index (χ1v) is 5.48. The number of hydrogen-bond acceptors (Lipinski definition) is 4. The highest BCUT2D eigenvalue weighted by atomic mass is 35.5. The smallest absolute Gasteiger partial charge is 0.222 e. The first-order chi connectivity index (χ1) is 8.04. The molecular formula is C12H13ClN2O2. The standard InChI is InChI=1S/C12H13ClN2O2/c1-6-4-7(2)11(13)12(16-3)10(6)8-5-9(14)17-15-8/h4-5H,14H2,1-3H3. The molecule has 2 rings (SSSR count). The second kappa shape index (κ2) is 4.30. The number of aromatic nitrogens is 1. The third kappa shape index (κ3) is 1.96. The van der Waals surface area contributed by atoms with Gasteiger partial charge in [-0.15, -0.1) is 0 Å². The number of nitrogens with two attached hydrogens (primary N) is 1. The first-order valence-electron chi connectivity index (χ1n) is 5.11. The number of benzene rings is 1. The van der Waals surface area contributed by atoms with Gasteiger partial charge in [-0.25, -0.2) is 0 Å². The lowest BCUT2D eigenvalue weighted by molar-refractivity contribution is 0.413. The minimum absolute atomic E-state index is 0.262. The average Bonchev–Trinajstić information content (AvgIpc) is 2.69. The van der Waals surface area contributed by atoms with E-state index in [2.05, 4.69) is 5.16 Å². The highest BCUT2D eigenvalue weighted by molar-refractivity contribution is 6.33. The molecule has 2 N–H and O–H groups in total. The van der Waals surface area contributed by atoms with E-state index in [-0.39, 0.29) is 5.88 Å². The molecule has 0 spiro atoms. The molecule has 17 heavy (non-hydrogen) atoms. The van der Waals surface area contributed by atoms with Gasteiger partial charge in [0, 0.05) is 6.07 Å². The topological polar surface area (TPSA) is 61.3 Å². The molecule has 0 fully saturated rings. The van der Waals surface area contributed by atoms with Crippen LogP contribution < -0.4 is 10.5 Å². The van der Waals surface area contributed by atoms with Crippen LogP contribution in [0.15, 0.2) is 16.7 Å². The van der Waals surface area contributed by atoms with Gasteiger partial charge >= 0.3 is 0 Å². The largest absolute Gasteiger partial charge is 0.494 e. The SMILES string of the molecule is COc1c(Cl)c(C)cc(C)c1-c1cc(N)on1. The fourth-order valence-corrected chi connectivity index (χ4v) is 2.07. The number of methoxy groups -OCH3 is 1. The number of nitrogens with zero attached hydrogens (tertiary/aromatic N) is 1. The Morgan fingerprint density at radius 2 is 2.00 bits per heavy atom. The Labute approximate surface area is 104 Å². The molecular weight excluding hydrogens is 240 g/mol. The van der Waals surface area contributed by atoms with E-state index in [9.17, 15) is 0 Å².